The Morgan fingerprint density at radius 1 is 1.04 bits per heavy atom. The minimum Gasteiger partial charge on any atom is -0.287 e. The molecule has 6 heteroatoms. The van der Waals surface area contributed by atoms with E-state index in [0.717, 1.165) is 23.0 Å². The fourth-order valence-corrected chi connectivity index (χ4v) is 4.13. The molecule has 0 aliphatic carbocycles. The predicted molar refractivity (Wildman–Crippen MR) is 113 cm³/mol. The van der Waals surface area contributed by atoms with Crippen LogP contribution in [0.2, 0.25) is 5.02 Å². The van der Waals surface area contributed by atoms with Gasteiger partial charge in [-0.1, -0.05) is 54.6 Å². The van der Waals surface area contributed by atoms with Crippen molar-refractivity contribution in [1.29, 1.82) is 0 Å². The Kier molecular flexibility index (Phi) is 5.14. The molecule has 0 bridgehead atoms. The van der Waals surface area contributed by atoms with Gasteiger partial charge in [0, 0.05) is 22.7 Å². The Morgan fingerprint density at radius 3 is 2.74 bits per heavy atom. The van der Waals surface area contributed by atoms with Gasteiger partial charge < -0.3 is 0 Å². The summed E-state index contributed by atoms with van der Waals surface area (Å²) in [7, 11) is 0. The molecule has 4 nitrogen and oxygen atoms in total. The normalized spacial score (nSPS) is 11.3. The molecule has 0 aliphatic heterocycles. The number of hydrogen-bond acceptors (Lipinski definition) is 4. The van der Waals surface area contributed by atoms with E-state index in [2.05, 4.69) is 13.0 Å². The summed E-state index contributed by atoms with van der Waals surface area (Å²) in [5.41, 5.74) is 2.54. The van der Waals surface area contributed by atoms with E-state index in [0.29, 0.717) is 33.4 Å². The zero-order valence-electron chi connectivity index (χ0n) is 14.9. The van der Waals surface area contributed by atoms with Crippen molar-refractivity contribution in [2.45, 2.75) is 30.8 Å². The van der Waals surface area contributed by atoms with Gasteiger partial charge in [-0.05, 0) is 36.8 Å². The van der Waals surface area contributed by atoms with Crippen LogP contribution in [0.5, 0.6) is 0 Å². The lowest BCUT2D eigenvalue weighted by Gasteiger charge is -2.12. The number of aromatic nitrogens is 3. The molecule has 0 radical (unpaired) electrons. The first-order valence-corrected chi connectivity index (χ1v) is 10.2. The van der Waals surface area contributed by atoms with Crippen molar-refractivity contribution in [3.8, 4) is 0 Å². The highest BCUT2D eigenvalue weighted by Crippen LogP contribution is 2.24. The molecule has 27 heavy (non-hydrogen) atoms. The highest BCUT2D eigenvalue weighted by Gasteiger charge is 2.12. The Bertz CT molecular complexity index is 1190. The zero-order chi connectivity index (χ0) is 18.8. The van der Waals surface area contributed by atoms with Crippen molar-refractivity contribution in [3.05, 3.63) is 75.7 Å². The molecule has 0 aliphatic rings. The predicted octanol–water partition coefficient (Wildman–Crippen LogP) is 5.30. The third kappa shape index (κ3) is 3.70. The van der Waals surface area contributed by atoms with Crippen molar-refractivity contribution < 1.29 is 0 Å². The third-order valence-corrected chi connectivity index (χ3v) is 5.58. The van der Waals surface area contributed by atoms with Crippen molar-refractivity contribution >= 4 is 45.2 Å². The second-order valence-electron chi connectivity index (χ2n) is 6.30. The quantitative estimate of drug-likeness (QED) is 0.340. The van der Waals surface area contributed by atoms with Gasteiger partial charge in [-0.25, -0.2) is 4.98 Å². The Balaban J connectivity index is 1.70. The summed E-state index contributed by atoms with van der Waals surface area (Å²) in [5.74, 6) is 0.646. The molecule has 2 aromatic heterocycles. The lowest BCUT2D eigenvalue weighted by atomic mass is 10.2. The van der Waals surface area contributed by atoms with Gasteiger partial charge in [0.1, 0.15) is 0 Å². The summed E-state index contributed by atoms with van der Waals surface area (Å²) in [4.78, 5) is 22.3. The Hall–Kier alpha value is -2.37. The molecule has 0 N–H and O–H groups in total. The van der Waals surface area contributed by atoms with Gasteiger partial charge in [0.2, 0.25) is 0 Å². The largest absolute Gasteiger partial charge is 0.287 e. The monoisotopic (exact) mass is 395 g/mol. The molecule has 4 rings (SSSR count). The zero-order valence-corrected chi connectivity index (χ0v) is 16.4. The number of benzene rings is 2. The lowest BCUT2D eigenvalue weighted by Crippen LogP contribution is -2.23. The Labute approximate surface area is 166 Å². The second kappa shape index (κ2) is 7.71. The van der Waals surface area contributed by atoms with Gasteiger partial charge >= 0.3 is 0 Å². The average molecular weight is 396 g/mol. The number of fused-ring (bicyclic) bond motifs is 2. The number of thioether (sulfide) groups is 1. The van der Waals surface area contributed by atoms with Crippen LogP contribution in [-0.4, -0.2) is 14.5 Å². The van der Waals surface area contributed by atoms with Gasteiger partial charge in [-0.15, -0.1) is 0 Å². The highest BCUT2D eigenvalue weighted by atomic mass is 35.5. The fourth-order valence-electron chi connectivity index (χ4n) is 3.03. The number of nitrogens with zero attached hydrogens (tertiary/aromatic N) is 3. The highest BCUT2D eigenvalue weighted by molar-refractivity contribution is 7.98. The first-order chi connectivity index (χ1) is 13.2. The molecule has 0 saturated carbocycles. The lowest BCUT2D eigenvalue weighted by molar-refractivity contribution is 0.584. The molecule has 2 heterocycles. The molecule has 2 aromatic carbocycles. The summed E-state index contributed by atoms with van der Waals surface area (Å²) in [6.45, 7) is 2.69. The van der Waals surface area contributed by atoms with Crippen LogP contribution in [0.4, 0.5) is 0 Å². The smallest absolute Gasteiger partial charge is 0.262 e. The molecule has 0 atom stereocenters. The summed E-state index contributed by atoms with van der Waals surface area (Å²) in [5, 5.41) is 3.00. The summed E-state index contributed by atoms with van der Waals surface area (Å²) in [6.07, 6.45) is 0.864. The maximum atomic E-state index is 12.9. The van der Waals surface area contributed by atoms with E-state index < -0.39 is 0 Å². The molecular formula is C21H18ClN3OS. The van der Waals surface area contributed by atoms with E-state index in [1.807, 2.05) is 30.3 Å². The van der Waals surface area contributed by atoms with Crippen LogP contribution in [0.1, 0.15) is 19.0 Å². The van der Waals surface area contributed by atoms with Gasteiger partial charge in [-0.3, -0.25) is 14.3 Å². The van der Waals surface area contributed by atoms with Crippen LogP contribution in [0.15, 0.2) is 64.5 Å². The number of rotatable bonds is 5. The van der Waals surface area contributed by atoms with Crippen LogP contribution >= 0.6 is 23.4 Å². The maximum Gasteiger partial charge on any atom is 0.262 e. The van der Waals surface area contributed by atoms with Crippen LogP contribution in [0.3, 0.4) is 0 Å². The van der Waals surface area contributed by atoms with Crippen LogP contribution in [-0.2, 0) is 12.3 Å². The van der Waals surface area contributed by atoms with E-state index in [1.54, 1.807) is 22.8 Å². The van der Waals surface area contributed by atoms with Crippen LogP contribution < -0.4 is 5.56 Å². The van der Waals surface area contributed by atoms with Crippen LogP contribution in [0, 0.1) is 0 Å². The SMILES string of the molecule is CCCn1c(SCc2ccc3ccccc3n2)nc2cc(Cl)ccc2c1=O. The second-order valence-corrected chi connectivity index (χ2v) is 7.68. The topological polar surface area (TPSA) is 47.8 Å². The third-order valence-electron chi connectivity index (χ3n) is 4.33. The van der Waals surface area contributed by atoms with Gasteiger partial charge in [-0.2, -0.15) is 0 Å². The molecule has 136 valence electrons. The van der Waals surface area contributed by atoms with Gasteiger partial charge in [0.25, 0.3) is 5.56 Å². The van der Waals surface area contributed by atoms with Crippen molar-refractivity contribution in [3.63, 3.8) is 0 Å². The average Bonchev–Trinajstić information content (AvgIpc) is 2.68. The van der Waals surface area contributed by atoms with Gasteiger partial charge in [0.05, 0.1) is 22.1 Å². The summed E-state index contributed by atoms with van der Waals surface area (Å²) in [6, 6.07) is 17.4. The summed E-state index contributed by atoms with van der Waals surface area (Å²) < 4.78 is 1.75. The standard InChI is InChI=1S/C21H18ClN3OS/c1-2-11-25-20(26)17-10-8-15(22)12-19(17)24-21(25)27-13-16-9-7-14-5-3-4-6-18(14)23-16/h3-10,12H,2,11,13H2,1H3. The van der Waals surface area contributed by atoms with E-state index in [-0.39, 0.29) is 5.56 Å². The summed E-state index contributed by atoms with van der Waals surface area (Å²) >= 11 is 7.62. The Morgan fingerprint density at radius 2 is 1.89 bits per heavy atom. The number of para-hydroxylation sites is 1. The number of pyridine rings is 1. The van der Waals surface area contributed by atoms with E-state index >= 15 is 0 Å². The molecule has 0 fully saturated rings. The minimum atomic E-state index is -0.0208. The minimum absolute atomic E-state index is 0.0208. The maximum absolute atomic E-state index is 12.9. The van der Waals surface area contributed by atoms with Crippen molar-refractivity contribution in [1.82, 2.24) is 14.5 Å². The van der Waals surface area contributed by atoms with Gasteiger partial charge in [0.15, 0.2) is 5.16 Å². The molecule has 0 unspecified atom stereocenters. The molecule has 0 amide bonds. The number of hydrogen-bond donors (Lipinski definition) is 0. The molecular weight excluding hydrogens is 378 g/mol. The van der Waals surface area contributed by atoms with E-state index in [4.69, 9.17) is 21.6 Å². The fraction of sp³-hybridized carbons (Fsp3) is 0.190. The van der Waals surface area contributed by atoms with Crippen molar-refractivity contribution in [2.24, 2.45) is 0 Å². The van der Waals surface area contributed by atoms with Crippen LogP contribution in [0.25, 0.3) is 21.8 Å². The molecule has 0 saturated heterocycles. The number of halogens is 1. The molecule has 4 aromatic rings. The van der Waals surface area contributed by atoms with E-state index in [9.17, 15) is 4.79 Å². The van der Waals surface area contributed by atoms with E-state index in [1.165, 1.54) is 11.8 Å². The molecule has 0 spiro atoms. The first-order valence-electron chi connectivity index (χ1n) is 8.83. The van der Waals surface area contributed by atoms with Crippen molar-refractivity contribution in [2.75, 3.05) is 0 Å². The first kappa shape index (κ1) is 18.0.